The summed E-state index contributed by atoms with van der Waals surface area (Å²) in [5.41, 5.74) is 0. The number of rotatable bonds is 6. The molecule has 2 rings (SSSR count). The van der Waals surface area contributed by atoms with Crippen LogP contribution in [-0.4, -0.2) is 11.9 Å². The summed E-state index contributed by atoms with van der Waals surface area (Å²) in [5.74, 6) is 0.706. The van der Waals surface area contributed by atoms with E-state index in [0.29, 0.717) is 24.7 Å². The number of carbonyl (C=O) groups is 2. The quantitative estimate of drug-likeness (QED) is 0.365. The Morgan fingerprint density at radius 1 is 0.609 bits per heavy atom. The predicted octanol–water partition coefficient (Wildman–Crippen LogP) is 5.56. The summed E-state index contributed by atoms with van der Waals surface area (Å²) in [6.45, 7) is 0. The molecule has 23 heavy (non-hydrogen) atoms. The first-order valence-corrected chi connectivity index (χ1v) is 9.97. The maximum atomic E-state index is 11.8. The van der Waals surface area contributed by atoms with Crippen LogP contribution < -0.4 is 0 Å². The zero-order chi connectivity index (χ0) is 16.3. The monoisotopic (exact) mass is 322 g/mol. The molecule has 0 radical (unpaired) electrons. The first-order chi connectivity index (χ1) is 11.2. The van der Waals surface area contributed by atoms with Crippen LogP contribution >= 0.6 is 0 Å². The fourth-order valence-corrected chi connectivity index (χ4v) is 4.18. The Balaban J connectivity index is 1.57. The Morgan fingerprint density at radius 3 is 1.30 bits per heavy atom. The molecule has 0 atom stereocenters. The molecule has 2 saturated carbocycles. The van der Waals surface area contributed by atoms with E-state index in [1.54, 1.807) is 0 Å². The van der Waals surface area contributed by atoms with Gasteiger partial charge in [-0.05, 0) is 24.7 Å². The molecule has 0 N–H and O–H groups in total. The molecule has 3 nitrogen and oxygen atoms in total. The van der Waals surface area contributed by atoms with Crippen LogP contribution in [0.3, 0.4) is 0 Å². The van der Waals surface area contributed by atoms with Gasteiger partial charge >= 0.3 is 11.9 Å². The van der Waals surface area contributed by atoms with Gasteiger partial charge in [-0.2, -0.15) is 0 Å². The average molecular weight is 322 g/mol. The van der Waals surface area contributed by atoms with Gasteiger partial charge in [0, 0.05) is 12.8 Å². The molecule has 0 saturated heterocycles. The molecule has 0 heterocycles. The summed E-state index contributed by atoms with van der Waals surface area (Å²) in [6, 6.07) is 0. The fourth-order valence-electron chi connectivity index (χ4n) is 4.18. The number of esters is 2. The standard InChI is InChI=1S/C20H34O3/c21-19(15-13-17-9-5-1-2-6-10-17)23-20(22)16-14-18-11-7-3-4-8-12-18/h17-18H,1-16H2. The largest absolute Gasteiger partial charge is 0.393 e. The van der Waals surface area contributed by atoms with Crippen molar-refractivity contribution in [1.82, 2.24) is 0 Å². The molecule has 3 heteroatoms. The van der Waals surface area contributed by atoms with Gasteiger partial charge in [0.1, 0.15) is 0 Å². The Hall–Kier alpha value is -0.860. The molecule has 0 bridgehead atoms. The second-order valence-electron chi connectivity index (χ2n) is 7.64. The maximum absolute atomic E-state index is 11.8. The lowest BCUT2D eigenvalue weighted by Gasteiger charge is -2.14. The van der Waals surface area contributed by atoms with Gasteiger partial charge < -0.3 is 4.74 Å². The summed E-state index contributed by atoms with van der Waals surface area (Å²) in [7, 11) is 0. The lowest BCUT2D eigenvalue weighted by atomic mass is 9.95. The molecular formula is C20H34O3. The van der Waals surface area contributed by atoms with Gasteiger partial charge in [-0.25, -0.2) is 0 Å². The van der Waals surface area contributed by atoms with Gasteiger partial charge in [0.15, 0.2) is 0 Å². The lowest BCUT2D eigenvalue weighted by Crippen LogP contribution is -2.14. The van der Waals surface area contributed by atoms with E-state index in [2.05, 4.69) is 0 Å². The van der Waals surface area contributed by atoms with Crippen molar-refractivity contribution >= 4 is 11.9 Å². The second-order valence-corrected chi connectivity index (χ2v) is 7.64. The van der Waals surface area contributed by atoms with Crippen LogP contribution in [-0.2, 0) is 14.3 Å². The van der Waals surface area contributed by atoms with Crippen LogP contribution in [0.1, 0.15) is 103 Å². The topological polar surface area (TPSA) is 43.4 Å². The fraction of sp³-hybridized carbons (Fsp3) is 0.900. The number of carbonyl (C=O) groups excluding carboxylic acids is 2. The molecule has 0 aromatic heterocycles. The van der Waals surface area contributed by atoms with E-state index in [0.717, 1.165) is 12.8 Å². The van der Waals surface area contributed by atoms with Crippen LogP contribution in [0.2, 0.25) is 0 Å². The van der Waals surface area contributed by atoms with Crippen molar-refractivity contribution in [2.75, 3.05) is 0 Å². The molecule has 2 fully saturated rings. The Morgan fingerprint density at radius 2 is 0.957 bits per heavy atom. The molecule has 2 aliphatic carbocycles. The first kappa shape index (κ1) is 18.5. The molecule has 2 aliphatic rings. The van der Waals surface area contributed by atoms with E-state index in [9.17, 15) is 9.59 Å². The van der Waals surface area contributed by atoms with Crippen LogP contribution in [0.5, 0.6) is 0 Å². The van der Waals surface area contributed by atoms with Crippen molar-refractivity contribution in [1.29, 1.82) is 0 Å². The molecular weight excluding hydrogens is 288 g/mol. The number of hydrogen-bond donors (Lipinski definition) is 0. The predicted molar refractivity (Wildman–Crippen MR) is 92.0 cm³/mol. The molecule has 0 amide bonds. The van der Waals surface area contributed by atoms with Crippen molar-refractivity contribution < 1.29 is 14.3 Å². The zero-order valence-electron chi connectivity index (χ0n) is 14.7. The minimum atomic E-state index is -0.305. The second kappa shape index (κ2) is 10.8. The Kier molecular flexibility index (Phi) is 8.70. The summed E-state index contributed by atoms with van der Waals surface area (Å²) in [4.78, 5) is 23.7. The van der Waals surface area contributed by atoms with Gasteiger partial charge in [-0.1, -0.05) is 77.0 Å². The van der Waals surface area contributed by atoms with Gasteiger partial charge in [0.2, 0.25) is 0 Å². The highest BCUT2D eigenvalue weighted by atomic mass is 16.6. The SMILES string of the molecule is O=C(CCC1CCCCCC1)OC(=O)CCC1CCCCCC1. The maximum Gasteiger partial charge on any atom is 0.313 e. The third kappa shape index (κ3) is 7.99. The Labute approximate surface area is 141 Å². The first-order valence-electron chi connectivity index (χ1n) is 9.97. The van der Waals surface area contributed by atoms with Crippen molar-refractivity contribution in [2.24, 2.45) is 11.8 Å². The van der Waals surface area contributed by atoms with E-state index in [1.165, 1.54) is 77.0 Å². The highest BCUT2D eigenvalue weighted by Crippen LogP contribution is 2.27. The summed E-state index contributed by atoms with van der Waals surface area (Å²) < 4.78 is 5.02. The number of ether oxygens (including phenoxy) is 1. The van der Waals surface area contributed by atoms with E-state index in [-0.39, 0.29) is 11.9 Å². The van der Waals surface area contributed by atoms with Gasteiger partial charge in [-0.15, -0.1) is 0 Å². The third-order valence-corrected chi connectivity index (χ3v) is 5.69. The third-order valence-electron chi connectivity index (χ3n) is 5.69. The molecule has 0 unspecified atom stereocenters. The minimum absolute atomic E-state index is 0.305. The molecule has 0 aromatic carbocycles. The highest BCUT2D eigenvalue weighted by Gasteiger charge is 2.18. The van der Waals surface area contributed by atoms with Crippen molar-refractivity contribution in [3.63, 3.8) is 0 Å². The molecule has 132 valence electrons. The van der Waals surface area contributed by atoms with Crippen LogP contribution in [0.4, 0.5) is 0 Å². The van der Waals surface area contributed by atoms with Crippen molar-refractivity contribution in [3.8, 4) is 0 Å². The van der Waals surface area contributed by atoms with Gasteiger partial charge in [0.25, 0.3) is 0 Å². The molecule has 0 aromatic rings. The highest BCUT2D eigenvalue weighted by molar-refractivity contribution is 5.85. The van der Waals surface area contributed by atoms with Crippen molar-refractivity contribution in [3.05, 3.63) is 0 Å². The van der Waals surface area contributed by atoms with E-state index >= 15 is 0 Å². The van der Waals surface area contributed by atoms with Crippen LogP contribution in [0.25, 0.3) is 0 Å². The summed E-state index contributed by atoms with van der Waals surface area (Å²) >= 11 is 0. The zero-order valence-corrected chi connectivity index (χ0v) is 14.7. The normalized spacial score (nSPS) is 21.4. The smallest absolute Gasteiger partial charge is 0.313 e. The van der Waals surface area contributed by atoms with Crippen LogP contribution in [0, 0.1) is 11.8 Å². The van der Waals surface area contributed by atoms with E-state index in [1.807, 2.05) is 0 Å². The average Bonchev–Trinajstić information content (AvgIpc) is 2.96. The van der Waals surface area contributed by atoms with Gasteiger partial charge in [-0.3, -0.25) is 9.59 Å². The Bertz CT molecular complexity index is 314. The summed E-state index contributed by atoms with van der Waals surface area (Å²) in [5, 5.41) is 0. The molecule has 0 aliphatic heterocycles. The van der Waals surface area contributed by atoms with Crippen molar-refractivity contribution in [2.45, 2.75) is 103 Å². The summed E-state index contributed by atoms with van der Waals surface area (Å²) in [6.07, 6.45) is 18.1. The van der Waals surface area contributed by atoms with Gasteiger partial charge in [0.05, 0.1) is 0 Å². The van der Waals surface area contributed by atoms with Crippen LogP contribution in [0.15, 0.2) is 0 Å². The number of hydrogen-bond acceptors (Lipinski definition) is 3. The molecule has 0 spiro atoms. The minimum Gasteiger partial charge on any atom is -0.393 e. The van der Waals surface area contributed by atoms with E-state index in [4.69, 9.17) is 4.74 Å². The lowest BCUT2D eigenvalue weighted by molar-refractivity contribution is -0.160. The van der Waals surface area contributed by atoms with E-state index < -0.39 is 0 Å².